The van der Waals surface area contributed by atoms with Crippen LogP contribution < -0.4 is 4.74 Å². The first-order chi connectivity index (χ1) is 12.8. The highest BCUT2D eigenvalue weighted by Crippen LogP contribution is 2.30. The highest BCUT2D eigenvalue weighted by molar-refractivity contribution is 5.78. The minimum Gasteiger partial charge on any atom is -0.492 e. The Kier molecular flexibility index (Phi) is 3.85. The van der Waals surface area contributed by atoms with Crippen LogP contribution in [0.1, 0.15) is 25.0 Å². The minimum absolute atomic E-state index is 0.283. The summed E-state index contributed by atoms with van der Waals surface area (Å²) in [4.78, 5) is 7.27. The van der Waals surface area contributed by atoms with E-state index in [-0.39, 0.29) is 5.82 Å². The van der Waals surface area contributed by atoms with Crippen LogP contribution in [0.3, 0.4) is 0 Å². The number of benzene rings is 1. The first kappa shape index (κ1) is 15.8. The van der Waals surface area contributed by atoms with E-state index in [9.17, 15) is 4.39 Å². The van der Waals surface area contributed by atoms with Crippen molar-refractivity contribution < 1.29 is 9.13 Å². The Morgan fingerprint density at radius 2 is 2.04 bits per heavy atom. The third-order valence-electron chi connectivity index (χ3n) is 5.47. The van der Waals surface area contributed by atoms with Crippen molar-refractivity contribution in [1.29, 1.82) is 0 Å². The fourth-order valence-corrected chi connectivity index (χ4v) is 4.07. The lowest BCUT2D eigenvalue weighted by molar-refractivity contribution is 0.171. The largest absolute Gasteiger partial charge is 0.492 e. The minimum atomic E-state index is -0.283. The molecule has 2 aliphatic heterocycles. The second kappa shape index (κ2) is 6.36. The molecule has 0 amide bonds. The number of hydrogen-bond donors (Lipinski definition) is 0. The maximum absolute atomic E-state index is 14.5. The van der Waals surface area contributed by atoms with Gasteiger partial charge in [0.1, 0.15) is 18.2 Å². The summed E-state index contributed by atoms with van der Waals surface area (Å²) >= 11 is 0. The number of aromatic nitrogens is 3. The predicted octanol–water partition coefficient (Wildman–Crippen LogP) is 3.32. The summed E-state index contributed by atoms with van der Waals surface area (Å²) in [6, 6.07) is 7.39. The number of hydrogen-bond acceptors (Lipinski definition) is 4. The van der Waals surface area contributed by atoms with Crippen molar-refractivity contribution in [1.82, 2.24) is 19.5 Å². The lowest BCUT2D eigenvalue weighted by atomic mass is 10.1. The molecule has 1 saturated heterocycles. The molecule has 0 aliphatic carbocycles. The first-order valence-electron chi connectivity index (χ1n) is 9.28. The highest BCUT2D eigenvalue weighted by atomic mass is 19.1. The summed E-state index contributed by atoms with van der Waals surface area (Å²) in [6.45, 7) is 2.83. The summed E-state index contributed by atoms with van der Waals surface area (Å²) in [6.07, 6.45) is 7.93. The Morgan fingerprint density at radius 1 is 1.12 bits per heavy atom. The van der Waals surface area contributed by atoms with Crippen molar-refractivity contribution in [3.8, 4) is 16.9 Å². The van der Waals surface area contributed by atoms with E-state index in [2.05, 4.69) is 10.00 Å². The maximum atomic E-state index is 14.5. The SMILES string of the molecule is Fc1ccc2cc1-c1cnn3ccc(nc13)CCCN1CCC[C@H]1CO2. The summed E-state index contributed by atoms with van der Waals surface area (Å²) in [5.74, 6) is 0.412. The molecule has 6 heteroatoms. The van der Waals surface area contributed by atoms with Crippen molar-refractivity contribution in [3.05, 3.63) is 48.2 Å². The first-order valence-corrected chi connectivity index (χ1v) is 9.28. The topological polar surface area (TPSA) is 42.7 Å². The molecule has 0 saturated carbocycles. The average molecular weight is 352 g/mol. The van der Waals surface area contributed by atoms with Gasteiger partial charge in [-0.2, -0.15) is 5.10 Å². The molecular formula is C20H21FN4O. The van der Waals surface area contributed by atoms with Crippen LogP contribution in [0.2, 0.25) is 0 Å². The van der Waals surface area contributed by atoms with Gasteiger partial charge in [-0.1, -0.05) is 0 Å². The fourth-order valence-electron chi connectivity index (χ4n) is 4.07. The average Bonchev–Trinajstić information content (AvgIpc) is 3.27. The van der Waals surface area contributed by atoms with Crippen LogP contribution in [-0.4, -0.2) is 45.2 Å². The van der Waals surface area contributed by atoms with Crippen LogP contribution in [0.25, 0.3) is 16.8 Å². The quantitative estimate of drug-likeness (QED) is 0.622. The Bertz CT molecular complexity index is 954. The maximum Gasteiger partial charge on any atom is 0.163 e. The summed E-state index contributed by atoms with van der Waals surface area (Å²) < 4.78 is 22.3. The van der Waals surface area contributed by atoms with Crippen LogP contribution in [0.5, 0.6) is 5.75 Å². The van der Waals surface area contributed by atoms with Gasteiger partial charge < -0.3 is 4.74 Å². The van der Waals surface area contributed by atoms with Crippen molar-refractivity contribution >= 4 is 5.65 Å². The van der Waals surface area contributed by atoms with Gasteiger partial charge in [-0.25, -0.2) is 13.9 Å². The number of rotatable bonds is 0. The summed E-state index contributed by atoms with van der Waals surface area (Å²) in [7, 11) is 0. The van der Waals surface area contributed by atoms with Gasteiger partial charge >= 0.3 is 0 Å². The third-order valence-corrected chi connectivity index (χ3v) is 5.47. The smallest absolute Gasteiger partial charge is 0.163 e. The van der Waals surface area contributed by atoms with Crippen LogP contribution in [-0.2, 0) is 6.42 Å². The van der Waals surface area contributed by atoms with Crippen LogP contribution in [0.15, 0.2) is 36.7 Å². The van der Waals surface area contributed by atoms with Crippen LogP contribution in [0, 0.1) is 5.82 Å². The second-order valence-corrected chi connectivity index (χ2v) is 7.13. The zero-order chi connectivity index (χ0) is 17.5. The molecule has 0 spiro atoms. The predicted molar refractivity (Wildman–Crippen MR) is 96.8 cm³/mol. The number of halogens is 1. The Morgan fingerprint density at radius 3 is 3.00 bits per heavy atom. The van der Waals surface area contributed by atoms with E-state index in [1.165, 1.54) is 12.5 Å². The molecule has 1 aromatic carbocycles. The van der Waals surface area contributed by atoms with Crippen molar-refractivity contribution in [2.45, 2.75) is 31.7 Å². The van der Waals surface area contributed by atoms with Gasteiger partial charge in [-0.15, -0.1) is 0 Å². The Balaban J connectivity index is 1.62. The lowest BCUT2D eigenvalue weighted by Gasteiger charge is -2.24. The molecule has 0 unspecified atom stereocenters. The van der Waals surface area contributed by atoms with Gasteiger partial charge in [0.2, 0.25) is 0 Å². The van der Waals surface area contributed by atoms with E-state index in [0.29, 0.717) is 35.2 Å². The number of aryl methyl sites for hydroxylation is 1. The van der Waals surface area contributed by atoms with Crippen molar-refractivity contribution in [3.63, 3.8) is 0 Å². The van der Waals surface area contributed by atoms with Gasteiger partial charge in [0.25, 0.3) is 0 Å². The monoisotopic (exact) mass is 352 g/mol. The third kappa shape index (κ3) is 2.74. The van der Waals surface area contributed by atoms with Gasteiger partial charge in [0.05, 0.1) is 6.20 Å². The molecule has 2 aromatic heterocycles. The van der Waals surface area contributed by atoms with Crippen molar-refractivity contribution in [2.24, 2.45) is 0 Å². The van der Waals surface area contributed by atoms with Gasteiger partial charge in [-0.3, -0.25) is 4.90 Å². The molecule has 26 heavy (non-hydrogen) atoms. The number of fused-ring (bicyclic) bond motifs is 5. The molecule has 4 heterocycles. The molecule has 0 radical (unpaired) electrons. The zero-order valence-electron chi connectivity index (χ0n) is 14.6. The van der Waals surface area contributed by atoms with E-state index in [1.807, 2.05) is 12.3 Å². The molecule has 1 fully saturated rings. The van der Waals surface area contributed by atoms with E-state index in [4.69, 9.17) is 9.72 Å². The van der Waals surface area contributed by atoms with E-state index in [1.54, 1.807) is 22.8 Å². The van der Waals surface area contributed by atoms with Gasteiger partial charge in [0.15, 0.2) is 5.65 Å². The van der Waals surface area contributed by atoms with Gasteiger partial charge in [0, 0.05) is 29.1 Å². The standard InChI is InChI=1S/C20H21FN4O/c21-19-6-5-16-11-17(19)18-12-22-25-10-7-14(23-20(18)25)3-1-8-24-9-2-4-15(24)13-26-16/h5-7,10-12,15H,1-4,8-9,13H2/t15-/m0/s1. The Hall–Kier alpha value is -2.47. The fraction of sp³-hybridized carbons (Fsp3) is 0.400. The lowest BCUT2D eigenvalue weighted by Crippen LogP contribution is -2.35. The number of ether oxygens (including phenoxy) is 1. The molecule has 5 nitrogen and oxygen atoms in total. The number of nitrogens with zero attached hydrogens (tertiary/aromatic N) is 4. The molecule has 0 N–H and O–H groups in total. The summed E-state index contributed by atoms with van der Waals surface area (Å²) in [5, 5.41) is 4.33. The zero-order valence-corrected chi connectivity index (χ0v) is 14.6. The molecule has 5 rings (SSSR count). The van der Waals surface area contributed by atoms with Gasteiger partial charge in [-0.05, 0) is 63.0 Å². The van der Waals surface area contributed by atoms with E-state index >= 15 is 0 Å². The van der Waals surface area contributed by atoms with Crippen LogP contribution >= 0.6 is 0 Å². The van der Waals surface area contributed by atoms with Crippen molar-refractivity contribution in [2.75, 3.05) is 19.7 Å². The Labute approximate surface area is 151 Å². The van der Waals surface area contributed by atoms with E-state index < -0.39 is 0 Å². The van der Waals surface area contributed by atoms with Crippen LogP contribution in [0.4, 0.5) is 4.39 Å². The molecular weight excluding hydrogens is 331 g/mol. The molecule has 2 aliphatic rings. The molecule has 4 bridgehead atoms. The van der Waals surface area contributed by atoms with E-state index in [0.717, 1.165) is 38.0 Å². The molecule has 1 atom stereocenters. The summed E-state index contributed by atoms with van der Waals surface area (Å²) in [5.41, 5.74) is 2.91. The second-order valence-electron chi connectivity index (χ2n) is 7.13. The molecule has 3 aromatic rings. The normalized spacial score (nSPS) is 20.7. The highest BCUT2D eigenvalue weighted by Gasteiger charge is 2.25. The molecule has 134 valence electrons.